The predicted molar refractivity (Wildman–Crippen MR) is 105 cm³/mol. The highest BCUT2D eigenvalue weighted by Gasteiger charge is 2.39. The van der Waals surface area contributed by atoms with E-state index in [0.29, 0.717) is 37.0 Å². The van der Waals surface area contributed by atoms with Crippen LogP contribution in [0, 0.1) is 0 Å². The summed E-state index contributed by atoms with van der Waals surface area (Å²) in [6.45, 7) is 4.54. The number of nitrogens with one attached hydrogen (secondary N) is 1. The first kappa shape index (κ1) is 18.5. The average molecular weight is 403 g/mol. The van der Waals surface area contributed by atoms with Crippen LogP contribution in [0.25, 0.3) is 0 Å². The molecule has 3 fully saturated rings. The van der Waals surface area contributed by atoms with E-state index in [4.69, 9.17) is 14.5 Å². The zero-order chi connectivity index (χ0) is 19.8. The summed E-state index contributed by atoms with van der Waals surface area (Å²) in [6.07, 6.45) is 0.00388. The maximum absolute atomic E-state index is 12.8. The molecule has 0 radical (unpaired) electrons. The van der Waals surface area contributed by atoms with Crippen LogP contribution in [-0.4, -0.2) is 61.6 Å². The highest BCUT2D eigenvalue weighted by atomic mass is 19.3. The monoisotopic (exact) mass is 403 g/mol. The second-order valence-corrected chi connectivity index (χ2v) is 7.57. The van der Waals surface area contributed by atoms with Crippen molar-refractivity contribution in [3.05, 3.63) is 36.0 Å². The molecule has 2 atom stereocenters. The molecule has 5 heterocycles. The number of morpholine rings is 2. The van der Waals surface area contributed by atoms with Gasteiger partial charge >= 0.3 is 0 Å². The van der Waals surface area contributed by atoms with Gasteiger partial charge < -0.3 is 24.6 Å². The number of aromatic nitrogens is 2. The van der Waals surface area contributed by atoms with Crippen LogP contribution >= 0.6 is 0 Å². The van der Waals surface area contributed by atoms with Crippen LogP contribution in [0.15, 0.2) is 30.5 Å². The van der Waals surface area contributed by atoms with E-state index in [9.17, 15) is 8.78 Å². The molecule has 3 saturated heterocycles. The van der Waals surface area contributed by atoms with Gasteiger partial charge in [-0.2, -0.15) is 0 Å². The van der Waals surface area contributed by atoms with Crippen LogP contribution in [0.4, 0.5) is 31.9 Å². The molecule has 3 aliphatic heterocycles. The molecule has 154 valence electrons. The molecule has 0 aromatic carbocycles. The largest absolute Gasteiger partial charge is 0.378 e. The van der Waals surface area contributed by atoms with Gasteiger partial charge in [0.05, 0.1) is 32.0 Å². The highest BCUT2D eigenvalue weighted by molar-refractivity contribution is 5.66. The van der Waals surface area contributed by atoms with E-state index in [-0.39, 0.29) is 5.56 Å². The van der Waals surface area contributed by atoms with Crippen molar-refractivity contribution < 1.29 is 18.3 Å². The molecule has 29 heavy (non-hydrogen) atoms. The Balaban J connectivity index is 1.44. The number of anilines is 4. The minimum absolute atomic E-state index is 0.0978. The summed E-state index contributed by atoms with van der Waals surface area (Å²) in [5.74, 6) is 2.00. The summed E-state index contributed by atoms with van der Waals surface area (Å²) < 4.78 is 36.8. The van der Waals surface area contributed by atoms with Crippen molar-refractivity contribution in [1.29, 1.82) is 0 Å². The van der Waals surface area contributed by atoms with Gasteiger partial charge in [-0.05, 0) is 18.6 Å². The van der Waals surface area contributed by atoms with Gasteiger partial charge in [-0.1, -0.05) is 0 Å². The van der Waals surface area contributed by atoms with Crippen molar-refractivity contribution in [2.24, 2.45) is 0 Å². The molecule has 0 spiro atoms. The summed E-state index contributed by atoms with van der Waals surface area (Å²) >= 11 is 0. The van der Waals surface area contributed by atoms with E-state index in [1.165, 1.54) is 12.3 Å². The normalized spacial score (nSPS) is 23.8. The Kier molecular flexibility index (Phi) is 4.92. The lowest BCUT2D eigenvalue weighted by Crippen LogP contribution is -2.38. The Bertz CT molecular complexity index is 860. The minimum Gasteiger partial charge on any atom is -0.378 e. The smallest absolute Gasteiger partial charge is 0.265 e. The van der Waals surface area contributed by atoms with Crippen molar-refractivity contribution in [3.8, 4) is 0 Å². The number of fused-ring (bicyclic) bond motifs is 2. The van der Waals surface area contributed by atoms with Crippen LogP contribution < -0.4 is 15.1 Å². The van der Waals surface area contributed by atoms with E-state index in [2.05, 4.69) is 26.2 Å². The molecule has 0 amide bonds. The number of rotatable bonds is 5. The topological polar surface area (TPSA) is 62.8 Å². The van der Waals surface area contributed by atoms with Gasteiger partial charge in [-0.25, -0.2) is 18.7 Å². The molecule has 1 N–H and O–H groups in total. The zero-order valence-electron chi connectivity index (χ0n) is 15.9. The summed E-state index contributed by atoms with van der Waals surface area (Å²) in [5.41, 5.74) is 0.989. The Hall–Kier alpha value is -2.52. The van der Waals surface area contributed by atoms with Gasteiger partial charge in [-0.15, -0.1) is 0 Å². The first-order valence-corrected chi connectivity index (χ1v) is 9.90. The summed E-state index contributed by atoms with van der Waals surface area (Å²) in [6, 6.07) is 7.42. The van der Waals surface area contributed by atoms with Crippen molar-refractivity contribution >= 4 is 23.1 Å². The second-order valence-electron chi connectivity index (χ2n) is 7.57. The van der Waals surface area contributed by atoms with E-state index < -0.39 is 6.43 Å². The molecule has 0 saturated carbocycles. The SMILES string of the molecule is FC(F)c1ccc(Nc2cc(N3CC4CC3CO4)cc(N3CCOCC3)n2)nc1. The molecule has 2 unspecified atom stereocenters. The third-order valence-electron chi connectivity index (χ3n) is 5.66. The Morgan fingerprint density at radius 1 is 1.14 bits per heavy atom. The quantitative estimate of drug-likeness (QED) is 0.824. The molecule has 7 nitrogen and oxygen atoms in total. The number of hydrogen-bond acceptors (Lipinski definition) is 7. The minimum atomic E-state index is -2.53. The van der Waals surface area contributed by atoms with Crippen molar-refractivity contribution in [3.63, 3.8) is 0 Å². The van der Waals surface area contributed by atoms with E-state index in [1.807, 2.05) is 6.07 Å². The van der Waals surface area contributed by atoms with Gasteiger partial charge in [0.2, 0.25) is 0 Å². The Labute approximate surface area is 167 Å². The lowest BCUT2D eigenvalue weighted by molar-refractivity contribution is 0.0991. The maximum atomic E-state index is 12.8. The molecule has 0 aliphatic carbocycles. The average Bonchev–Trinajstić information content (AvgIpc) is 3.38. The van der Waals surface area contributed by atoms with Crippen LogP contribution in [0.3, 0.4) is 0 Å². The third-order valence-corrected chi connectivity index (χ3v) is 5.66. The number of ether oxygens (including phenoxy) is 2. The molecule has 3 aliphatic rings. The molecule has 5 rings (SSSR count). The fourth-order valence-electron chi connectivity index (χ4n) is 4.14. The number of halogens is 2. The molecular formula is C20H23F2N5O2. The Morgan fingerprint density at radius 2 is 2.00 bits per heavy atom. The van der Waals surface area contributed by atoms with Crippen molar-refractivity contribution in [1.82, 2.24) is 9.97 Å². The zero-order valence-corrected chi connectivity index (χ0v) is 15.9. The van der Waals surface area contributed by atoms with Gasteiger partial charge in [0.1, 0.15) is 17.5 Å². The predicted octanol–water partition coefficient (Wildman–Crippen LogP) is 2.97. The van der Waals surface area contributed by atoms with Crippen LogP contribution in [0.2, 0.25) is 0 Å². The molecule has 2 bridgehead atoms. The number of pyridine rings is 2. The fourth-order valence-corrected chi connectivity index (χ4v) is 4.14. The second kappa shape index (κ2) is 7.72. The lowest BCUT2D eigenvalue weighted by atomic mass is 10.2. The van der Waals surface area contributed by atoms with Gasteiger partial charge in [0, 0.05) is 49.2 Å². The number of nitrogens with zero attached hydrogens (tertiary/aromatic N) is 4. The van der Waals surface area contributed by atoms with E-state index in [0.717, 1.165) is 44.2 Å². The number of alkyl halides is 2. The first-order valence-electron chi connectivity index (χ1n) is 9.90. The third kappa shape index (κ3) is 3.84. The summed E-state index contributed by atoms with van der Waals surface area (Å²) in [7, 11) is 0. The Morgan fingerprint density at radius 3 is 2.66 bits per heavy atom. The molecule has 2 aromatic rings. The van der Waals surface area contributed by atoms with Gasteiger partial charge in [-0.3, -0.25) is 0 Å². The van der Waals surface area contributed by atoms with E-state index in [1.54, 1.807) is 6.07 Å². The molecular weight excluding hydrogens is 380 g/mol. The summed E-state index contributed by atoms with van der Waals surface area (Å²) in [4.78, 5) is 13.4. The standard InChI is InChI=1S/C20H23F2N5O2/c21-20(22)13-1-2-17(23-10-13)24-18-8-14(27-11-16-7-15(27)12-29-16)9-19(25-18)26-3-5-28-6-4-26/h1-2,8-10,15-16,20H,3-7,11-12H2,(H,23,24,25). The van der Waals surface area contributed by atoms with Crippen molar-refractivity contribution in [2.45, 2.75) is 25.0 Å². The summed E-state index contributed by atoms with van der Waals surface area (Å²) in [5, 5.41) is 3.17. The highest BCUT2D eigenvalue weighted by Crippen LogP contribution is 2.35. The first-order chi connectivity index (χ1) is 14.2. The van der Waals surface area contributed by atoms with E-state index >= 15 is 0 Å². The van der Waals surface area contributed by atoms with Crippen LogP contribution in [0.5, 0.6) is 0 Å². The maximum Gasteiger partial charge on any atom is 0.265 e. The van der Waals surface area contributed by atoms with Crippen molar-refractivity contribution in [2.75, 3.05) is 54.6 Å². The van der Waals surface area contributed by atoms with Crippen LogP contribution in [0.1, 0.15) is 18.4 Å². The van der Waals surface area contributed by atoms with Gasteiger partial charge in [0.15, 0.2) is 0 Å². The fraction of sp³-hybridized carbons (Fsp3) is 0.500. The lowest BCUT2D eigenvalue weighted by Gasteiger charge is -2.32. The van der Waals surface area contributed by atoms with Gasteiger partial charge in [0.25, 0.3) is 6.43 Å². The number of hydrogen-bond donors (Lipinski definition) is 1. The van der Waals surface area contributed by atoms with Crippen LogP contribution in [-0.2, 0) is 9.47 Å². The molecule has 9 heteroatoms. The molecule has 2 aromatic heterocycles.